The van der Waals surface area contributed by atoms with Gasteiger partial charge in [-0.1, -0.05) is 11.6 Å². The van der Waals surface area contributed by atoms with Crippen LogP contribution < -0.4 is 9.47 Å². The van der Waals surface area contributed by atoms with Gasteiger partial charge < -0.3 is 19.1 Å². The number of aliphatic carboxylic acids is 1. The van der Waals surface area contributed by atoms with E-state index in [0.29, 0.717) is 73.7 Å². The Morgan fingerprint density at radius 2 is 1.88 bits per heavy atom. The van der Waals surface area contributed by atoms with E-state index in [-0.39, 0.29) is 40.0 Å². The van der Waals surface area contributed by atoms with Gasteiger partial charge in [0.2, 0.25) is 0 Å². The zero-order valence-corrected chi connectivity index (χ0v) is 27.1. The number of hydrogen-bond donors (Lipinski definition) is 1. The minimum absolute atomic E-state index is 0.0308. The summed E-state index contributed by atoms with van der Waals surface area (Å²) in [5.74, 6) is -1.63. The van der Waals surface area contributed by atoms with Gasteiger partial charge in [-0.2, -0.15) is 5.26 Å². The molecule has 1 aliphatic carbocycles. The first-order valence-corrected chi connectivity index (χ1v) is 16.1. The zero-order chi connectivity index (χ0) is 34.0. The van der Waals surface area contributed by atoms with Crippen LogP contribution in [-0.4, -0.2) is 44.7 Å². The molecule has 0 unspecified atom stereocenters. The summed E-state index contributed by atoms with van der Waals surface area (Å²) in [6.07, 6.45) is 4.50. The lowest BCUT2D eigenvalue weighted by atomic mass is 10.0. The van der Waals surface area contributed by atoms with E-state index in [2.05, 4.69) is 11.0 Å². The Kier molecular flexibility index (Phi) is 9.67. The summed E-state index contributed by atoms with van der Waals surface area (Å²) >= 11 is 5.79. The molecule has 2 heterocycles. The molecule has 1 aromatic heterocycles. The molecule has 48 heavy (non-hydrogen) atoms. The van der Waals surface area contributed by atoms with Gasteiger partial charge in [-0.3, -0.25) is 4.90 Å². The van der Waals surface area contributed by atoms with Crippen molar-refractivity contribution >= 4 is 34.2 Å². The number of hydrogen-bond acceptors (Lipinski definition) is 6. The number of halogens is 4. The number of fused-ring (bicyclic) bond motifs is 1. The first kappa shape index (κ1) is 33.4. The van der Waals surface area contributed by atoms with Crippen molar-refractivity contribution in [2.45, 2.75) is 64.8 Å². The van der Waals surface area contributed by atoms with E-state index in [0.717, 1.165) is 25.0 Å². The number of likely N-dealkylation sites (tertiary alicyclic amines) is 1. The third kappa shape index (κ3) is 7.61. The quantitative estimate of drug-likeness (QED) is 0.152. The van der Waals surface area contributed by atoms with Crippen LogP contribution in [0.15, 0.2) is 54.6 Å². The molecular formula is C36H34ClF3N4O4. The van der Waals surface area contributed by atoms with E-state index in [1.54, 1.807) is 25.1 Å². The van der Waals surface area contributed by atoms with Crippen LogP contribution in [0.4, 0.5) is 13.2 Å². The van der Waals surface area contributed by atoms with E-state index >= 15 is 4.39 Å². The van der Waals surface area contributed by atoms with Crippen molar-refractivity contribution in [3.8, 4) is 17.6 Å². The largest absolute Gasteiger partial charge is 0.490 e. The molecule has 0 spiro atoms. The highest BCUT2D eigenvalue weighted by Gasteiger charge is 2.43. The van der Waals surface area contributed by atoms with Crippen LogP contribution in [0.1, 0.15) is 56.0 Å². The third-order valence-electron chi connectivity index (χ3n) is 9.08. The molecule has 1 saturated heterocycles. The fourth-order valence-electron chi connectivity index (χ4n) is 6.15. The molecule has 0 amide bonds. The normalized spacial score (nSPS) is 16.5. The second-order valence-electron chi connectivity index (χ2n) is 12.7. The topological polar surface area (TPSA) is 101 Å². The minimum atomic E-state index is -1.11. The molecule has 1 N–H and O–H groups in total. The van der Waals surface area contributed by atoms with Gasteiger partial charge in [-0.15, -0.1) is 0 Å². The van der Waals surface area contributed by atoms with E-state index in [1.807, 2.05) is 4.57 Å². The Balaban J connectivity index is 1.14. The van der Waals surface area contributed by atoms with Gasteiger partial charge in [-0.05, 0) is 92.3 Å². The predicted octanol–water partition coefficient (Wildman–Crippen LogP) is 7.91. The van der Waals surface area contributed by atoms with Crippen molar-refractivity contribution in [2.24, 2.45) is 5.41 Å². The maximum Gasteiger partial charge on any atom is 0.328 e. The van der Waals surface area contributed by atoms with E-state index in [9.17, 15) is 23.9 Å². The van der Waals surface area contributed by atoms with Gasteiger partial charge in [0.1, 0.15) is 35.6 Å². The number of piperidine rings is 1. The van der Waals surface area contributed by atoms with Crippen molar-refractivity contribution < 1.29 is 32.5 Å². The smallest absolute Gasteiger partial charge is 0.328 e. The Morgan fingerprint density at radius 1 is 1.10 bits per heavy atom. The fourth-order valence-corrected chi connectivity index (χ4v) is 6.31. The average molecular weight is 679 g/mol. The van der Waals surface area contributed by atoms with Gasteiger partial charge in [0, 0.05) is 48.1 Å². The Morgan fingerprint density at radius 3 is 2.56 bits per heavy atom. The Bertz CT molecular complexity index is 1930. The number of aromatic nitrogens is 2. The van der Waals surface area contributed by atoms with Crippen molar-refractivity contribution in [2.75, 3.05) is 13.1 Å². The van der Waals surface area contributed by atoms with Gasteiger partial charge in [0.05, 0.1) is 18.1 Å². The summed E-state index contributed by atoms with van der Waals surface area (Å²) in [5.41, 5.74) is 1.73. The lowest BCUT2D eigenvalue weighted by Crippen LogP contribution is -2.38. The molecule has 6 rings (SSSR count). The number of ether oxygens (including phenoxy) is 2. The number of allylic oxidation sites excluding steroid dienone is 1. The highest BCUT2D eigenvalue weighted by molar-refractivity contribution is 6.30. The van der Waals surface area contributed by atoms with Gasteiger partial charge in [0.15, 0.2) is 17.4 Å². The number of imidazole rings is 1. The summed E-state index contributed by atoms with van der Waals surface area (Å²) in [4.78, 5) is 18.2. The highest BCUT2D eigenvalue weighted by atomic mass is 35.5. The van der Waals surface area contributed by atoms with E-state index in [1.165, 1.54) is 24.3 Å². The second-order valence-corrected chi connectivity index (χ2v) is 13.1. The zero-order valence-electron chi connectivity index (χ0n) is 26.3. The molecule has 12 heteroatoms. The number of carboxylic acid groups (broad SMARTS) is 1. The Labute approximate surface area is 281 Å². The van der Waals surface area contributed by atoms with Crippen LogP contribution in [-0.2, 0) is 24.5 Å². The monoisotopic (exact) mass is 678 g/mol. The molecule has 0 radical (unpaired) electrons. The minimum Gasteiger partial charge on any atom is -0.490 e. The molecule has 250 valence electrons. The fraction of sp³-hybridized carbons (Fsp3) is 0.361. The summed E-state index contributed by atoms with van der Waals surface area (Å²) in [7, 11) is 0. The summed E-state index contributed by atoms with van der Waals surface area (Å²) < 4.78 is 57.7. The predicted molar refractivity (Wildman–Crippen MR) is 174 cm³/mol. The molecule has 1 saturated carbocycles. The first-order chi connectivity index (χ1) is 23.0. The molecular weight excluding hydrogens is 645 g/mol. The van der Waals surface area contributed by atoms with E-state index < -0.39 is 23.4 Å². The molecule has 3 aromatic carbocycles. The average Bonchev–Trinajstić information content (AvgIpc) is 3.72. The van der Waals surface area contributed by atoms with Crippen LogP contribution in [0.5, 0.6) is 11.5 Å². The third-order valence-corrected chi connectivity index (χ3v) is 9.32. The molecule has 2 aliphatic rings. The molecule has 0 bridgehead atoms. The molecule has 1 aliphatic heterocycles. The number of rotatable bonds is 12. The van der Waals surface area contributed by atoms with Gasteiger partial charge >= 0.3 is 5.97 Å². The number of carbonyl (C=O) groups is 1. The molecule has 8 nitrogen and oxygen atoms in total. The van der Waals surface area contributed by atoms with Crippen LogP contribution >= 0.6 is 11.6 Å². The maximum absolute atomic E-state index is 15.4. The Hall–Kier alpha value is -4.53. The van der Waals surface area contributed by atoms with Crippen molar-refractivity contribution in [3.63, 3.8) is 0 Å². The summed E-state index contributed by atoms with van der Waals surface area (Å²) in [6, 6.07) is 13.8. The van der Waals surface area contributed by atoms with Crippen molar-refractivity contribution in [1.82, 2.24) is 14.5 Å². The van der Waals surface area contributed by atoms with Gasteiger partial charge in [-0.25, -0.2) is 22.9 Å². The molecule has 4 aromatic rings. The number of nitrogens with zero attached hydrogens (tertiary/aromatic N) is 4. The number of carboxylic acids is 1. The number of nitriles is 1. The standard InChI is InChI=1S/C36H34ClF3N4O4/c1-22(14-34(45)46)23-16-30(40)35-31(17-23)44(21-36(8-9-36)10-11-41)33(42-35)19-43-12-6-26(7-13-43)48-27-3-4-28(38)24(15-27)20-47-32-5-2-25(37)18-29(32)39/h2-5,14-18,26H,6-10,12-13,19-21H2,1H3,(H,45,46)/b22-14+. The van der Waals surface area contributed by atoms with Crippen LogP contribution in [0.2, 0.25) is 5.02 Å². The van der Waals surface area contributed by atoms with E-state index in [4.69, 9.17) is 26.1 Å². The molecule has 2 fully saturated rings. The lowest BCUT2D eigenvalue weighted by Gasteiger charge is -2.32. The van der Waals surface area contributed by atoms with Gasteiger partial charge in [0.25, 0.3) is 0 Å². The van der Waals surface area contributed by atoms with Crippen molar-refractivity contribution in [1.29, 1.82) is 5.26 Å². The maximum atomic E-state index is 15.4. The number of benzene rings is 3. The summed E-state index contributed by atoms with van der Waals surface area (Å²) in [6.45, 7) is 3.79. The van der Waals surface area contributed by atoms with Crippen LogP contribution in [0.25, 0.3) is 16.6 Å². The first-order valence-electron chi connectivity index (χ1n) is 15.7. The second kappa shape index (κ2) is 13.9. The lowest BCUT2D eigenvalue weighted by molar-refractivity contribution is -0.131. The molecule has 0 atom stereocenters. The summed E-state index contributed by atoms with van der Waals surface area (Å²) in [5, 5.41) is 18.9. The van der Waals surface area contributed by atoms with Crippen LogP contribution in [0, 0.1) is 34.2 Å². The van der Waals surface area contributed by atoms with Crippen molar-refractivity contribution in [3.05, 3.63) is 94.0 Å². The van der Waals surface area contributed by atoms with Crippen LogP contribution in [0.3, 0.4) is 0 Å². The SMILES string of the molecule is C/C(=C\C(=O)O)c1cc(F)c2nc(CN3CCC(Oc4ccc(F)c(COc5ccc(Cl)cc5F)c4)CC3)n(CC3(CC#N)CC3)c2c1. The highest BCUT2D eigenvalue weighted by Crippen LogP contribution is 2.50.